The molecule has 0 bridgehead atoms. The number of nitriles is 1. The number of carboxylic acid groups (broad SMARTS) is 1. The fraction of sp³-hybridized carbons (Fsp3) is 0.263. The van der Waals surface area contributed by atoms with Gasteiger partial charge in [0.05, 0.1) is 17.7 Å². The smallest absolute Gasteiger partial charge is 0.336 e. The highest BCUT2D eigenvalue weighted by Crippen LogP contribution is 2.29. The van der Waals surface area contributed by atoms with Crippen LogP contribution in [-0.2, 0) is 0 Å². The van der Waals surface area contributed by atoms with Gasteiger partial charge in [0.2, 0.25) is 0 Å². The molecule has 2 rings (SSSR count). The number of carbonyl (C=O) groups is 1. The summed E-state index contributed by atoms with van der Waals surface area (Å²) < 4.78 is 5.71. The highest BCUT2D eigenvalue weighted by Gasteiger charge is 2.13. The van der Waals surface area contributed by atoms with Gasteiger partial charge in [0, 0.05) is 0 Å². The van der Waals surface area contributed by atoms with Crippen molar-refractivity contribution in [3.05, 3.63) is 53.6 Å². The lowest BCUT2D eigenvalue weighted by Gasteiger charge is -2.13. The average Bonchev–Trinajstić information content (AvgIpc) is 2.59. The van der Waals surface area contributed by atoms with Crippen LogP contribution in [0, 0.1) is 17.2 Å². The first kappa shape index (κ1) is 16.6. The standard InChI is InChI=1S/C19H19NO3/c1-3-13(2)12-23-18-9-8-14(10-15(18)11-20)16-6-4-5-7-17(16)19(21)22/h4-10,13H,3,12H2,1-2H3,(H,21,22)/t13-/m0/s1. The van der Waals surface area contributed by atoms with E-state index in [-0.39, 0.29) is 5.56 Å². The van der Waals surface area contributed by atoms with E-state index in [1.54, 1.807) is 42.5 Å². The van der Waals surface area contributed by atoms with Crippen molar-refractivity contribution in [2.24, 2.45) is 5.92 Å². The van der Waals surface area contributed by atoms with Crippen LogP contribution in [0.2, 0.25) is 0 Å². The van der Waals surface area contributed by atoms with Crippen molar-refractivity contribution >= 4 is 5.97 Å². The quantitative estimate of drug-likeness (QED) is 0.861. The zero-order chi connectivity index (χ0) is 16.8. The van der Waals surface area contributed by atoms with E-state index in [2.05, 4.69) is 19.9 Å². The van der Waals surface area contributed by atoms with Crippen molar-refractivity contribution in [2.75, 3.05) is 6.61 Å². The van der Waals surface area contributed by atoms with Crippen molar-refractivity contribution in [1.29, 1.82) is 5.26 Å². The number of hydrogen-bond donors (Lipinski definition) is 1. The summed E-state index contributed by atoms with van der Waals surface area (Å²) in [7, 11) is 0. The van der Waals surface area contributed by atoms with E-state index < -0.39 is 5.97 Å². The van der Waals surface area contributed by atoms with E-state index in [1.165, 1.54) is 0 Å². The SMILES string of the molecule is CC[C@H](C)COc1ccc(-c2ccccc2C(=O)O)cc1C#N. The number of carboxylic acids is 1. The van der Waals surface area contributed by atoms with Crippen molar-refractivity contribution in [2.45, 2.75) is 20.3 Å². The molecule has 0 heterocycles. The molecule has 2 aromatic carbocycles. The Morgan fingerprint density at radius 3 is 2.70 bits per heavy atom. The molecule has 0 fully saturated rings. The van der Waals surface area contributed by atoms with Crippen LogP contribution in [0.5, 0.6) is 5.75 Å². The molecule has 0 amide bonds. The van der Waals surface area contributed by atoms with Crippen molar-refractivity contribution in [1.82, 2.24) is 0 Å². The van der Waals surface area contributed by atoms with Crippen molar-refractivity contribution < 1.29 is 14.6 Å². The Morgan fingerprint density at radius 2 is 2.04 bits per heavy atom. The van der Waals surface area contributed by atoms with Crippen LogP contribution in [-0.4, -0.2) is 17.7 Å². The van der Waals surface area contributed by atoms with Gasteiger partial charge in [-0.2, -0.15) is 5.26 Å². The van der Waals surface area contributed by atoms with Gasteiger partial charge in [-0.25, -0.2) is 4.79 Å². The Bertz CT molecular complexity index is 747. The molecule has 1 N–H and O–H groups in total. The average molecular weight is 309 g/mol. The highest BCUT2D eigenvalue weighted by atomic mass is 16.5. The van der Waals surface area contributed by atoms with E-state index in [9.17, 15) is 15.2 Å². The molecule has 0 aliphatic rings. The third-order valence-electron chi connectivity index (χ3n) is 3.79. The van der Waals surface area contributed by atoms with Gasteiger partial charge in [0.25, 0.3) is 0 Å². The predicted molar refractivity (Wildman–Crippen MR) is 88.5 cm³/mol. The minimum atomic E-state index is -0.990. The molecular weight excluding hydrogens is 290 g/mol. The molecule has 0 saturated heterocycles. The van der Waals surface area contributed by atoms with Crippen LogP contribution in [0.4, 0.5) is 0 Å². The van der Waals surface area contributed by atoms with Crippen LogP contribution in [0.3, 0.4) is 0 Å². The number of benzene rings is 2. The van der Waals surface area contributed by atoms with E-state index in [0.29, 0.717) is 35.0 Å². The third-order valence-corrected chi connectivity index (χ3v) is 3.79. The lowest BCUT2D eigenvalue weighted by atomic mass is 9.98. The zero-order valence-corrected chi connectivity index (χ0v) is 13.2. The van der Waals surface area contributed by atoms with Gasteiger partial charge in [-0.15, -0.1) is 0 Å². The Kier molecular flexibility index (Phi) is 5.37. The summed E-state index contributed by atoms with van der Waals surface area (Å²) in [5.74, 6) is -0.0467. The number of hydrogen-bond acceptors (Lipinski definition) is 3. The minimum Gasteiger partial charge on any atom is -0.492 e. The molecule has 4 nitrogen and oxygen atoms in total. The van der Waals surface area contributed by atoms with Crippen LogP contribution in [0.15, 0.2) is 42.5 Å². The number of nitrogens with zero attached hydrogens (tertiary/aromatic N) is 1. The van der Waals surface area contributed by atoms with Gasteiger partial charge in [0.1, 0.15) is 11.8 Å². The molecule has 0 aliphatic carbocycles. The summed E-state index contributed by atoms with van der Waals surface area (Å²) in [6, 6.07) is 14.1. The van der Waals surface area contributed by atoms with Gasteiger partial charge in [-0.05, 0) is 35.2 Å². The zero-order valence-electron chi connectivity index (χ0n) is 13.2. The molecule has 0 unspecified atom stereocenters. The lowest BCUT2D eigenvalue weighted by molar-refractivity contribution is 0.0697. The molecule has 0 spiro atoms. The van der Waals surface area contributed by atoms with Crippen molar-refractivity contribution in [3.63, 3.8) is 0 Å². The summed E-state index contributed by atoms with van der Waals surface area (Å²) in [5.41, 5.74) is 1.90. The molecule has 4 heteroatoms. The first-order valence-electron chi connectivity index (χ1n) is 7.56. The Hall–Kier alpha value is -2.80. The van der Waals surface area contributed by atoms with Gasteiger partial charge in [-0.1, -0.05) is 44.5 Å². The minimum absolute atomic E-state index is 0.213. The maximum Gasteiger partial charge on any atom is 0.336 e. The number of ether oxygens (including phenoxy) is 1. The number of rotatable bonds is 6. The van der Waals surface area contributed by atoms with Crippen LogP contribution < -0.4 is 4.74 Å². The Balaban J connectivity index is 2.37. The van der Waals surface area contributed by atoms with Crippen LogP contribution in [0.1, 0.15) is 36.2 Å². The maximum atomic E-state index is 11.3. The molecule has 0 aromatic heterocycles. The fourth-order valence-corrected chi connectivity index (χ4v) is 2.18. The molecule has 118 valence electrons. The van der Waals surface area contributed by atoms with Gasteiger partial charge >= 0.3 is 5.97 Å². The normalized spacial score (nSPS) is 11.5. The highest BCUT2D eigenvalue weighted by molar-refractivity contribution is 5.96. The molecule has 1 atom stereocenters. The molecule has 23 heavy (non-hydrogen) atoms. The Labute approximate surface area is 136 Å². The predicted octanol–water partition coefficient (Wildman–Crippen LogP) is 4.35. The van der Waals surface area contributed by atoms with E-state index in [1.807, 2.05) is 0 Å². The monoisotopic (exact) mass is 309 g/mol. The fourth-order valence-electron chi connectivity index (χ4n) is 2.18. The van der Waals surface area contributed by atoms with E-state index >= 15 is 0 Å². The summed E-state index contributed by atoms with van der Waals surface area (Å²) in [4.78, 5) is 11.3. The summed E-state index contributed by atoms with van der Waals surface area (Å²) >= 11 is 0. The molecule has 0 saturated carbocycles. The van der Waals surface area contributed by atoms with Crippen molar-refractivity contribution in [3.8, 4) is 22.9 Å². The number of aromatic carboxylic acids is 1. The molecular formula is C19H19NO3. The first-order valence-corrected chi connectivity index (χ1v) is 7.56. The van der Waals surface area contributed by atoms with Crippen LogP contribution in [0.25, 0.3) is 11.1 Å². The van der Waals surface area contributed by atoms with Gasteiger partial charge in [0.15, 0.2) is 0 Å². The second-order valence-electron chi connectivity index (χ2n) is 5.50. The lowest BCUT2D eigenvalue weighted by Crippen LogP contribution is -2.08. The summed E-state index contributed by atoms with van der Waals surface area (Å²) in [6.45, 7) is 4.73. The second-order valence-corrected chi connectivity index (χ2v) is 5.50. The second kappa shape index (κ2) is 7.46. The van der Waals surface area contributed by atoms with E-state index in [0.717, 1.165) is 6.42 Å². The Morgan fingerprint density at radius 1 is 1.30 bits per heavy atom. The molecule has 2 aromatic rings. The maximum absolute atomic E-state index is 11.3. The topological polar surface area (TPSA) is 70.3 Å². The largest absolute Gasteiger partial charge is 0.492 e. The molecule has 0 aliphatic heterocycles. The summed E-state index contributed by atoms with van der Waals surface area (Å²) in [6.07, 6.45) is 1.01. The summed E-state index contributed by atoms with van der Waals surface area (Å²) in [5, 5.41) is 18.6. The molecule has 0 radical (unpaired) electrons. The first-order chi connectivity index (χ1) is 11.1. The van der Waals surface area contributed by atoms with Crippen LogP contribution >= 0.6 is 0 Å². The van der Waals surface area contributed by atoms with E-state index in [4.69, 9.17) is 4.74 Å². The third kappa shape index (κ3) is 3.89. The van der Waals surface area contributed by atoms with Gasteiger partial charge < -0.3 is 9.84 Å². The van der Waals surface area contributed by atoms with Gasteiger partial charge in [-0.3, -0.25) is 0 Å².